The first-order chi connectivity index (χ1) is 19.7. The Kier molecular flexibility index (Phi) is 13.1. The number of hydrogen-bond donors (Lipinski definition) is 2. The van der Waals surface area contributed by atoms with Crippen LogP contribution >= 0.6 is 0 Å². The number of rotatable bonds is 15. The van der Waals surface area contributed by atoms with Gasteiger partial charge >= 0.3 is 11.9 Å². The fourth-order valence-electron chi connectivity index (χ4n) is 6.17. The van der Waals surface area contributed by atoms with E-state index in [4.69, 9.17) is 9.47 Å². The molecule has 2 atom stereocenters. The Bertz CT molecular complexity index is 1020. The number of aliphatic hydroxyl groups is 2. The fraction of sp³-hybridized carbons (Fsp3) is 0.657. The van der Waals surface area contributed by atoms with E-state index in [1.165, 1.54) is 68.9 Å². The van der Waals surface area contributed by atoms with Crippen LogP contribution in [-0.2, 0) is 19.1 Å². The molecule has 1 saturated carbocycles. The molecule has 0 bridgehead atoms. The molecule has 1 fully saturated rings. The van der Waals surface area contributed by atoms with Crippen molar-refractivity contribution in [2.24, 2.45) is 23.2 Å². The van der Waals surface area contributed by atoms with Gasteiger partial charge in [0.15, 0.2) is 0 Å². The van der Waals surface area contributed by atoms with Crippen molar-refractivity contribution in [3.8, 4) is 0 Å². The Morgan fingerprint density at radius 3 is 2.24 bits per heavy atom. The van der Waals surface area contributed by atoms with Gasteiger partial charge < -0.3 is 19.7 Å². The monoisotopic (exact) mass is 568 g/mol. The van der Waals surface area contributed by atoms with Gasteiger partial charge in [0, 0.05) is 0 Å². The van der Waals surface area contributed by atoms with Crippen LogP contribution in [-0.4, -0.2) is 48.6 Å². The van der Waals surface area contributed by atoms with E-state index in [-0.39, 0.29) is 31.3 Å². The Morgan fingerprint density at radius 2 is 1.66 bits per heavy atom. The molecule has 2 N–H and O–H groups in total. The highest BCUT2D eigenvalue weighted by Gasteiger charge is 2.31. The van der Waals surface area contributed by atoms with E-state index in [2.05, 4.69) is 31.7 Å². The summed E-state index contributed by atoms with van der Waals surface area (Å²) in [4.78, 5) is 24.5. The molecule has 0 radical (unpaired) electrons. The molecular formula is C35H52O6. The largest absolute Gasteiger partial charge is 0.464 e. The Balaban J connectivity index is 1.59. The first kappa shape index (κ1) is 33.1. The van der Waals surface area contributed by atoms with E-state index in [1.54, 1.807) is 13.8 Å². The summed E-state index contributed by atoms with van der Waals surface area (Å²) in [5.74, 6) is 1.06. The summed E-state index contributed by atoms with van der Waals surface area (Å²) in [6.45, 7) is 8.21. The van der Waals surface area contributed by atoms with Crippen molar-refractivity contribution >= 4 is 17.5 Å². The molecule has 0 spiro atoms. The van der Waals surface area contributed by atoms with Gasteiger partial charge in [-0.15, -0.1) is 0 Å². The Labute approximate surface area is 247 Å². The zero-order chi connectivity index (χ0) is 29.8. The maximum Gasteiger partial charge on any atom is 0.335 e. The van der Waals surface area contributed by atoms with Gasteiger partial charge in [0.05, 0.1) is 30.1 Å². The predicted molar refractivity (Wildman–Crippen MR) is 163 cm³/mol. The average Bonchev–Trinajstić information content (AvgIpc) is 3.01. The number of esters is 2. The van der Waals surface area contributed by atoms with Gasteiger partial charge in [-0.1, -0.05) is 82.4 Å². The van der Waals surface area contributed by atoms with E-state index in [9.17, 15) is 19.8 Å². The second-order valence-electron chi connectivity index (χ2n) is 12.9. The Hall–Kier alpha value is -2.44. The van der Waals surface area contributed by atoms with Crippen molar-refractivity contribution in [1.29, 1.82) is 0 Å². The summed E-state index contributed by atoms with van der Waals surface area (Å²) in [5, 5.41) is 18.7. The summed E-state index contributed by atoms with van der Waals surface area (Å²) in [7, 11) is 0. The van der Waals surface area contributed by atoms with E-state index in [0.717, 1.165) is 36.2 Å². The normalized spacial score (nSPS) is 22.0. The maximum absolute atomic E-state index is 12.5. The lowest BCUT2D eigenvalue weighted by molar-refractivity contribution is -0.157. The molecule has 2 unspecified atom stereocenters. The van der Waals surface area contributed by atoms with Gasteiger partial charge in [-0.2, -0.15) is 0 Å². The van der Waals surface area contributed by atoms with Crippen molar-refractivity contribution in [2.75, 3.05) is 26.4 Å². The summed E-state index contributed by atoms with van der Waals surface area (Å²) in [6.07, 6.45) is 17.1. The van der Waals surface area contributed by atoms with Crippen molar-refractivity contribution in [2.45, 2.75) is 97.3 Å². The third-order valence-electron chi connectivity index (χ3n) is 9.24. The molecule has 6 heteroatoms. The smallest absolute Gasteiger partial charge is 0.335 e. The topological polar surface area (TPSA) is 93.1 Å². The van der Waals surface area contributed by atoms with Crippen molar-refractivity contribution in [3.63, 3.8) is 0 Å². The molecule has 3 rings (SSSR count). The highest BCUT2D eigenvalue weighted by Crippen LogP contribution is 2.42. The van der Waals surface area contributed by atoms with E-state index in [1.807, 2.05) is 12.1 Å². The highest BCUT2D eigenvalue weighted by molar-refractivity contribution is 5.87. The SMILES string of the molecule is C=C(CO)C(=O)OCC(COC(=O)C(C)(C)CO)c1ccc(C2=CCC(C3CCC(CCCCC)CC3)CC2)cc1. The number of carbonyl (C=O) groups is 2. The minimum Gasteiger partial charge on any atom is -0.464 e. The van der Waals surface area contributed by atoms with Crippen LogP contribution in [0.5, 0.6) is 0 Å². The van der Waals surface area contributed by atoms with Gasteiger partial charge in [0.2, 0.25) is 0 Å². The minimum absolute atomic E-state index is 0.00567. The summed E-state index contributed by atoms with van der Waals surface area (Å²) < 4.78 is 10.9. The van der Waals surface area contributed by atoms with Crippen LogP contribution in [0.2, 0.25) is 0 Å². The number of unbranched alkanes of at least 4 members (excludes halogenated alkanes) is 2. The molecule has 0 saturated heterocycles. The number of allylic oxidation sites excluding steroid dienone is 2. The van der Waals surface area contributed by atoms with Crippen LogP contribution in [0, 0.1) is 23.2 Å². The van der Waals surface area contributed by atoms with Gasteiger partial charge in [-0.25, -0.2) is 4.79 Å². The molecule has 0 aliphatic heterocycles. The number of hydrogen-bond acceptors (Lipinski definition) is 6. The van der Waals surface area contributed by atoms with E-state index >= 15 is 0 Å². The van der Waals surface area contributed by atoms with Crippen molar-refractivity contribution in [1.82, 2.24) is 0 Å². The standard InChI is InChI=1S/C35H52O6/c1-5-6-7-8-26-9-11-27(12-10-26)28-13-15-29(16-14-28)30-17-19-31(20-18-30)32(22-40-33(38)25(2)21-36)23-41-34(39)35(3,4)24-37/h15,17-20,26-28,32,36-37H,2,5-14,16,21-24H2,1,3-4H3. The lowest BCUT2D eigenvalue weighted by Gasteiger charge is -2.35. The number of ether oxygens (including phenoxy) is 2. The van der Waals surface area contributed by atoms with Crippen LogP contribution in [0.4, 0.5) is 0 Å². The van der Waals surface area contributed by atoms with Gasteiger partial charge in [-0.3, -0.25) is 4.79 Å². The molecule has 1 aromatic rings. The van der Waals surface area contributed by atoms with Gasteiger partial charge in [0.25, 0.3) is 0 Å². The Morgan fingerprint density at radius 1 is 0.976 bits per heavy atom. The molecule has 228 valence electrons. The molecule has 0 amide bonds. The van der Waals surface area contributed by atoms with Gasteiger partial charge in [-0.05, 0) is 80.4 Å². The first-order valence-corrected chi connectivity index (χ1v) is 15.7. The zero-order valence-corrected chi connectivity index (χ0v) is 25.5. The third-order valence-corrected chi connectivity index (χ3v) is 9.24. The van der Waals surface area contributed by atoms with Gasteiger partial charge in [0.1, 0.15) is 13.2 Å². The lowest BCUT2D eigenvalue weighted by atomic mass is 9.70. The summed E-state index contributed by atoms with van der Waals surface area (Å²) in [6, 6.07) is 8.22. The third kappa shape index (κ3) is 9.82. The lowest BCUT2D eigenvalue weighted by Crippen LogP contribution is -2.32. The quantitative estimate of drug-likeness (QED) is 0.135. The summed E-state index contributed by atoms with van der Waals surface area (Å²) in [5.41, 5.74) is 2.43. The molecule has 2 aliphatic carbocycles. The van der Waals surface area contributed by atoms with Crippen LogP contribution < -0.4 is 0 Å². The van der Waals surface area contributed by atoms with Crippen LogP contribution in [0.15, 0.2) is 42.5 Å². The van der Waals surface area contributed by atoms with Crippen molar-refractivity contribution < 1.29 is 29.3 Å². The number of aliphatic hydroxyl groups excluding tert-OH is 2. The molecule has 2 aliphatic rings. The molecule has 0 aromatic heterocycles. The van der Waals surface area contributed by atoms with Crippen LogP contribution in [0.25, 0.3) is 5.57 Å². The molecule has 41 heavy (non-hydrogen) atoms. The van der Waals surface area contributed by atoms with Crippen molar-refractivity contribution in [3.05, 3.63) is 53.6 Å². The van der Waals surface area contributed by atoms with Crippen LogP contribution in [0.1, 0.15) is 108 Å². The molecule has 6 nitrogen and oxygen atoms in total. The molecule has 0 heterocycles. The first-order valence-electron chi connectivity index (χ1n) is 15.7. The molecule has 1 aromatic carbocycles. The average molecular weight is 569 g/mol. The second kappa shape index (κ2) is 16.3. The predicted octanol–water partition coefficient (Wildman–Crippen LogP) is 6.99. The maximum atomic E-state index is 12.5. The van der Waals surface area contributed by atoms with E-state index < -0.39 is 24.0 Å². The minimum atomic E-state index is -1.02. The second-order valence-corrected chi connectivity index (χ2v) is 12.9. The van der Waals surface area contributed by atoms with Crippen LogP contribution in [0.3, 0.4) is 0 Å². The summed E-state index contributed by atoms with van der Waals surface area (Å²) >= 11 is 0. The highest BCUT2D eigenvalue weighted by atomic mass is 16.5. The number of carbonyl (C=O) groups excluding carboxylic acids is 2. The zero-order valence-electron chi connectivity index (χ0n) is 25.5. The van der Waals surface area contributed by atoms with E-state index in [0.29, 0.717) is 0 Å². The molecular weight excluding hydrogens is 516 g/mol. The number of benzene rings is 1. The fourth-order valence-corrected chi connectivity index (χ4v) is 6.17.